The van der Waals surface area contributed by atoms with Crippen LogP contribution >= 0.6 is 0 Å². The Morgan fingerprint density at radius 3 is 3.05 bits per heavy atom. The molecule has 0 amide bonds. The highest BCUT2D eigenvalue weighted by Crippen LogP contribution is 2.28. The molecule has 1 saturated heterocycles. The van der Waals surface area contributed by atoms with Gasteiger partial charge >= 0.3 is 0 Å². The minimum Gasteiger partial charge on any atom is -0.329 e. The Kier molecular flexibility index (Phi) is 4.51. The number of aromatic nitrogens is 1. The van der Waals surface area contributed by atoms with Crippen LogP contribution in [0.4, 0.5) is 0 Å². The molecule has 2 atom stereocenters. The maximum Gasteiger partial charge on any atom is 0.0702 e. The molecule has 3 heteroatoms. The van der Waals surface area contributed by atoms with Gasteiger partial charge in [0.15, 0.2) is 0 Å². The summed E-state index contributed by atoms with van der Waals surface area (Å²) >= 11 is 0. The molecule has 2 heterocycles. The quantitative estimate of drug-likeness (QED) is 0.937. The molecule has 1 aliphatic rings. The van der Waals surface area contributed by atoms with Crippen LogP contribution in [-0.2, 0) is 0 Å². The molecular weight excluding hydrogens is 258 g/mol. The molecule has 0 aliphatic carbocycles. The second kappa shape index (κ2) is 6.54. The number of benzene rings is 1. The Balaban J connectivity index is 1.92. The average molecular weight is 283 g/mol. The fraction of sp³-hybridized carbons (Fsp3) is 0.500. The Labute approximate surface area is 127 Å². The smallest absolute Gasteiger partial charge is 0.0702 e. The summed E-state index contributed by atoms with van der Waals surface area (Å²) in [5, 5.41) is 1.20. The van der Waals surface area contributed by atoms with Crippen LogP contribution in [0.3, 0.4) is 0 Å². The Morgan fingerprint density at radius 2 is 2.19 bits per heavy atom. The molecule has 1 aromatic carbocycles. The molecule has 0 bridgehead atoms. The van der Waals surface area contributed by atoms with Crippen LogP contribution < -0.4 is 5.73 Å². The number of hydrogen-bond acceptors (Lipinski definition) is 3. The summed E-state index contributed by atoms with van der Waals surface area (Å²) in [6, 6.07) is 11.6. The first kappa shape index (κ1) is 14.5. The minimum absolute atomic E-state index is 0.322. The van der Waals surface area contributed by atoms with Crippen LogP contribution in [0.25, 0.3) is 10.9 Å². The lowest BCUT2D eigenvalue weighted by molar-refractivity contribution is 0.151. The maximum atomic E-state index is 6.14. The summed E-state index contributed by atoms with van der Waals surface area (Å²) in [4.78, 5) is 7.01. The first-order valence-electron chi connectivity index (χ1n) is 8.10. The number of fused-ring (bicyclic) bond motifs is 1. The molecule has 1 aromatic heterocycles. The summed E-state index contributed by atoms with van der Waals surface area (Å²) in [7, 11) is 0. The highest BCUT2D eigenvalue weighted by Gasteiger charge is 2.25. The van der Waals surface area contributed by atoms with E-state index < -0.39 is 0 Å². The lowest BCUT2D eigenvalue weighted by Crippen LogP contribution is -2.39. The van der Waals surface area contributed by atoms with Gasteiger partial charge in [0, 0.05) is 30.2 Å². The van der Waals surface area contributed by atoms with E-state index in [-0.39, 0.29) is 0 Å². The van der Waals surface area contributed by atoms with E-state index in [0.29, 0.717) is 18.6 Å². The monoisotopic (exact) mass is 283 g/mol. The van der Waals surface area contributed by atoms with Gasteiger partial charge in [-0.2, -0.15) is 0 Å². The van der Waals surface area contributed by atoms with Gasteiger partial charge in [-0.05, 0) is 50.1 Å². The largest absolute Gasteiger partial charge is 0.329 e. The Morgan fingerprint density at radius 1 is 1.29 bits per heavy atom. The SMILES string of the molecule is CC1CCCCCN1C(CN)c1ccc2ncccc2c1. The van der Waals surface area contributed by atoms with Gasteiger partial charge in [-0.25, -0.2) is 0 Å². The zero-order chi connectivity index (χ0) is 14.7. The van der Waals surface area contributed by atoms with E-state index in [1.807, 2.05) is 12.3 Å². The summed E-state index contributed by atoms with van der Waals surface area (Å²) in [5.74, 6) is 0. The number of rotatable bonds is 3. The van der Waals surface area contributed by atoms with Crippen LogP contribution in [0.2, 0.25) is 0 Å². The van der Waals surface area contributed by atoms with Gasteiger partial charge in [-0.1, -0.05) is 25.0 Å². The molecule has 2 N–H and O–H groups in total. The third-order valence-electron chi connectivity index (χ3n) is 4.74. The van der Waals surface area contributed by atoms with Crippen LogP contribution in [0.5, 0.6) is 0 Å². The maximum absolute atomic E-state index is 6.14. The molecule has 2 aromatic rings. The van der Waals surface area contributed by atoms with Crippen molar-refractivity contribution >= 4 is 10.9 Å². The van der Waals surface area contributed by atoms with Gasteiger partial charge in [-0.15, -0.1) is 0 Å². The zero-order valence-corrected chi connectivity index (χ0v) is 12.8. The van der Waals surface area contributed by atoms with Crippen LogP contribution in [0, 0.1) is 0 Å². The van der Waals surface area contributed by atoms with Crippen molar-refractivity contribution in [3.05, 3.63) is 42.1 Å². The van der Waals surface area contributed by atoms with Crippen molar-refractivity contribution in [1.29, 1.82) is 0 Å². The van der Waals surface area contributed by atoms with E-state index in [2.05, 4.69) is 41.1 Å². The molecule has 3 rings (SSSR count). The van der Waals surface area contributed by atoms with Crippen LogP contribution in [0.15, 0.2) is 36.5 Å². The molecule has 3 nitrogen and oxygen atoms in total. The molecule has 2 unspecified atom stereocenters. The van der Waals surface area contributed by atoms with E-state index >= 15 is 0 Å². The van der Waals surface area contributed by atoms with Gasteiger partial charge in [-0.3, -0.25) is 9.88 Å². The molecule has 21 heavy (non-hydrogen) atoms. The van der Waals surface area contributed by atoms with E-state index in [1.165, 1.54) is 36.6 Å². The normalized spacial score (nSPS) is 22.1. The van der Waals surface area contributed by atoms with Crippen LogP contribution in [0.1, 0.15) is 44.2 Å². The van der Waals surface area contributed by atoms with Gasteiger partial charge in [0.05, 0.1) is 5.52 Å². The highest BCUT2D eigenvalue weighted by molar-refractivity contribution is 5.79. The van der Waals surface area contributed by atoms with Crippen molar-refractivity contribution in [3.63, 3.8) is 0 Å². The van der Waals surface area contributed by atoms with E-state index in [1.54, 1.807) is 0 Å². The van der Waals surface area contributed by atoms with Gasteiger partial charge < -0.3 is 5.73 Å². The molecule has 112 valence electrons. The van der Waals surface area contributed by atoms with Crippen molar-refractivity contribution in [2.24, 2.45) is 5.73 Å². The minimum atomic E-state index is 0.322. The molecule has 0 spiro atoms. The molecule has 1 aliphatic heterocycles. The number of likely N-dealkylation sites (tertiary alicyclic amines) is 1. The standard InChI is InChI=1S/C18H25N3/c1-14-6-3-2-4-11-21(14)18(13-19)16-8-9-17-15(12-16)7-5-10-20-17/h5,7-10,12,14,18H,2-4,6,11,13,19H2,1H3. The van der Waals surface area contributed by atoms with E-state index in [9.17, 15) is 0 Å². The van der Waals surface area contributed by atoms with Crippen LogP contribution in [-0.4, -0.2) is 29.0 Å². The van der Waals surface area contributed by atoms with E-state index in [0.717, 1.165) is 12.1 Å². The van der Waals surface area contributed by atoms with Gasteiger partial charge in [0.1, 0.15) is 0 Å². The van der Waals surface area contributed by atoms with Gasteiger partial charge in [0.2, 0.25) is 0 Å². The predicted molar refractivity (Wildman–Crippen MR) is 88.2 cm³/mol. The second-order valence-electron chi connectivity index (χ2n) is 6.14. The fourth-order valence-corrected chi connectivity index (χ4v) is 3.52. The Hall–Kier alpha value is -1.45. The zero-order valence-electron chi connectivity index (χ0n) is 12.8. The number of nitrogens with two attached hydrogens (primary N) is 1. The first-order valence-corrected chi connectivity index (χ1v) is 8.10. The predicted octanol–water partition coefficient (Wildman–Crippen LogP) is 3.50. The topological polar surface area (TPSA) is 42.1 Å². The summed E-state index contributed by atoms with van der Waals surface area (Å²) in [6.45, 7) is 4.18. The Bertz CT molecular complexity index is 596. The number of nitrogens with zero attached hydrogens (tertiary/aromatic N) is 2. The van der Waals surface area contributed by atoms with Crippen molar-refractivity contribution < 1.29 is 0 Å². The molecular formula is C18H25N3. The molecule has 0 saturated carbocycles. The summed E-state index contributed by atoms with van der Waals surface area (Å²) in [6.07, 6.45) is 7.11. The summed E-state index contributed by atoms with van der Waals surface area (Å²) in [5.41, 5.74) is 8.52. The van der Waals surface area contributed by atoms with Crippen molar-refractivity contribution in [2.45, 2.75) is 44.7 Å². The van der Waals surface area contributed by atoms with Crippen molar-refractivity contribution in [1.82, 2.24) is 9.88 Å². The lowest BCUT2D eigenvalue weighted by atomic mass is 10.0. The van der Waals surface area contributed by atoms with Crippen molar-refractivity contribution in [3.8, 4) is 0 Å². The number of pyridine rings is 1. The average Bonchev–Trinajstić information content (AvgIpc) is 2.73. The highest BCUT2D eigenvalue weighted by atomic mass is 15.2. The molecule has 0 radical (unpaired) electrons. The van der Waals surface area contributed by atoms with E-state index in [4.69, 9.17) is 5.73 Å². The number of hydrogen-bond donors (Lipinski definition) is 1. The lowest BCUT2D eigenvalue weighted by Gasteiger charge is -2.35. The first-order chi connectivity index (χ1) is 10.3. The van der Waals surface area contributed by atoms with Crippen molar-refractivity contribution in [2.75, 3.05) is 13.1 Å². The second-order valence-corrected chi connectivity index (χ2v) is 6.14. The fourth-order valence-electron chi connectivity index (χ4n) is 3.52. The summed E-state index contributed by atoms with van der Waals surface area (Å²) < 4.78 is 0. The van der Waals surface area contributed by atoms with Gasteiger partial charge in [0.25, 0.3) is 0 Å². The molecule has 1 fully saturated rings. The third kappa shape index (κ3) is 3.09. The third-order valence-corrected chi connectivity index (χ3v) is 4.74.